The maximum Gasteiger partial charge on any atom is 0.308 e. The summed E-state index contributed by atoms with van der Waals surface area (Å²) in [6.07, 6.45) is -0.554. The second kappa shape index (κ2) is 3.72. The molecule has 0 aromatic heterocycles. The van der Waals surface area contributed by atoms with Crippen LogP contribution in [0.3, 0.4) is 0 Å². The van der Waals surface area contributed by atoms with Crippen molar-refractivity contribution in [3.05, 3.63) is 0 Å². The Hall–Kier alpha value is -0.570. The molecule has 0 radical (unpaired) electrons. The molecule has 1 N–H and O–H groups in total. The van der Waals surface area contributed by atoms with Gasteiger partial charge in [0.05, 0.1) is 12.5 Å². The van der Waals surface area contributed by atoms with Crippen LogP contribution in [0.1, 0.15) is 34.1 Å². The Bertz CT molecular complexity index is 133. The van der Waals surface area contributed by atoms with Gasteiger partial charge in [0.25, 0.3) is 0 Å². The third-order valence-corrected chi connectivity index (χ3v) is 0.882. The number of hydrogen-bond acceptors (Lipinski definition) is 3. The maximum atomic E-state index is 10.9. The minimum atomic E-state index is -0.621. The van der Waals surface area contributed by atoms with E-state index in [4.69, 9.17) is 9.84 Å². The van der Waals surface area contributed by atoms with Crippen LogP contribution in [0, 0.1) is 0 Å². The van der Waals surface area contributed by atoms with Gasteiger partial charge in [0, 0.05) is 0 Å². The number of aliphatic hydroxyl groups is 1. The van der Waals surface area contributed by atoms with E-state index in [1.807, 2.05) is 0 Å². The van der Waals surface area contributed by atoms with Gasteiger partial charge in [0.2, 0.25) is 0 Å². The molecule has 0 fully saturated rings. The lowest BCUT2D eigenvalue weighted by Gasteiger charge is -2.19. The summed E-state index contributed by atoms with van der Waals surface area (Å²) in [5.41, 5.74) is -0.452. The Balaban J connectivity index is 3.71. The predicted octanol–water partition coefficient (Wildman–Crippen LogP) is 1.10. The molecule has 66 valence electrons. The van der Waals surface area contributed by atoms with Crippen LogP contribution in [0.5, 0.6) is 0 Å². The molecule has 3 heteroatoms. The smallest absolute Gasteiger partial charge is 0.308 e. The first kappa shape index (κ1) is 10.4. The van der Waals surface area contributed by atoms with Crippen molar-refractivity contribution in [2.75, 3.05) is 0 Å². The Morgan fingerprint density at radius 2 is 2.00 bits per heavy atom. The van der Waals surface area contributed by atoms with Crippen molar-refractivity contribution in [3.63, 3.8) is 0 Å². The van der Waals surface area contributed by atoms with Crippen molar-refractivity contribution in [1.82, 2.24) is 0 Å². The Kier molecular flexibility index (Phi) is 3.52. The molecule has 1 atom stereocenters. The number of carbonyl (C=O) groups excluding carboxylic acids is 1. The van der Waals surface area contributed by atoms with Crippen LogP contribution in [0.15, 0.2) is 0 Å². The van der Waals surface area contributed by atoms with Crippen LogP contribution < -0.4 is 0 Å². The maximum absolute atomic E-state index is 10.9. The highest BCUT2D eigenvalue weighted by molar-refractivity contribution is 5.70. The highest BCUT2D eigenvalue weighted by Crippen LogP contribution is 2.08. The molecule has 0 bridgehead atoms. The molecule has 0 aliphatic heterocycles. The first-order chi connectivity index (χ1) is 4.81. The highest BCUT2D eigenvalue weighted by atomic mass is 16.6. The molecule has 11 heavy (non-hydrogen) atoms. The van der Waals surface area contributed by atoms with E-state index in [1.165, 1.54) is 0 Å². The molecular weight excluding hydrogens is 144 g/mol. The minimum absolute atomic E-state index is 0.0667. The summed E-state index contributed by atoms with van der Waals surface area (Å²) in [6, 6.07) is 0. The van der Waals surface area contributed by atoms with Gasteiger partial charge in [0.1, 0.15) is 5.60 Å². The fraction of sp³-hybridized carbons (Fsp3) is 0.875. The average Bonchev–Trinajstić information content (AvgIpc) is 1.53. The molecule has 0 rings (SSSR count). The topological polar surface area (TPSA) is 46.5 Å². The number of rotatable bonds is 2. The fourth-order valence-corrected chi connectivity index (χ4v) is 0.624. The summed E-state index contributed by atoms with van der Waals surface area (Å²) in [5.74, 6) is -0.354. The zero-order valence-electron chi connectivity index (χ0n) is 7.55. The highest BCUT2D eigenvalue weighted by Gasteiger charge is 2.17. The van der Waals surface area contributed by atoms with Crippen LogP contribution in [0.2, 0.25) is 0 Å². The quantitative estimate of drug-likeness (QED) is 0.615. The van der Waals surface area contributed by atoms with Crippen molar-refractivity contribution in [3.8, 4) is 0 Å². The summed E-state index contributed by atoms with van der Waals surface area (Å²) in [4.78, 5) is 10.9. The minimum Gasteiger partial charge on any atom is -0.460 e. The number of aliphatic hydroxyl groups excluding tert-OH is 1. The van der Waals surface area contributed by atoms with Gasteiger partial charge < -0.3 is 9.84 Å². The van der Waals surface area contributed by atoms with Crippen LogP contribution >= 0.6 is 0 Å². The Morgan fingerprint density at radius 1 is 1.55 bits per heavy atom. The van der Waals surface area contributed by atoms with Gasteiger partial charge in [-0.05, 0) is 27.7 Å². The average molecular weight is 160 g/mol. The van der Waals surface area contributed by atoms with Gasteiger partial charge in [-0.1, -0.05) is 0 Å². The van der Waals surface area contributed by atoms with Crippen molar-refractivity contribution in [2.24, 2.45) is 0 Å². The summed E-state index contributed by atoms with van der Waals surface area (Å²) in [7, 11) is 0. The molecule has 0 spiro atoms. The van der Waals surface area contributed by atoms with Gasteiger partial charge >= 0.3 is 5.97 Å². The molecule has 0 aliphatic rings. The van der Waals surface area contributed by atoms with E-state index in [2.05, 4.69) is 0 Å². The van der Waals surface area contributed by atoms with Crippen molar-refractivity contribution < 1.29 is 14.6 Å². The normalized spacial score (nSPS) is 14.3. The lowest BCUT2D eigenvalue weighted by atomic mass is 10.2. The molecule has 0 heterocycles. The molecule has 0 saturated carbocycles. The number of hydrogen-bond donors (Lipinski definition) is 1. The van der Waals surface area contributed by atoms with E-state index in [0.29, 0.717) is 0 Å². The number of ether oxygens (including phenoxy) is 1. The zero-order chi connectivity index (χ0) is 9.07. The Labute approximate surface area is 67.4 Å². The van der Waals surface area contributed by atoms with Crippen molar-refractivity contribution in [1.29, 1.82) is 0 Å². The lowest BCUT2D eigenvalue weighted by Crippen LogP contribution is -2.25. The van der Waals surface area contributed by atoms with E-state index < -0.39 is 11.7 Å². The summed E-state index contributed by atoms with van der Waals surface area (Å²) in [6.45, 7) is 6.96. The molecule has 3 nitrogen and oxygen atoms in total. The number of esters is 1. The van der Waals surface area contributed by atoms with Crippen LogP contribution in [0.25, 0.3) is 0 Å². The number of carbonyl (C=O) groups is 1. The second-order valence-corrected chi connectivity index (χ2v) is 3.64. The van der Waals surface area contributed by atoms with Crippen LogP contribution in [0.4, 0.5) is 0 Å². The van der Waals surface area contributed by atoms with E-state index in [-0.39, 0.29) is 12.4 Å². The van der Waals surface area contributed by atoms with E-state index in [1.54, 1.807) is 27.7 Å². The second-order valence-electron chi connectivity index (χ2n) is 3.64. The molecule has 0 aliphatic carbocycles. The molecule has 0 aromatic rings. The third-order valence-electron chi connectivity index (χ3n) is 0.882. The monoisotopic (exact) mass is 160 g/mol. The molecule has 0 saturated heterocycles. The standard InChI is InChI=1S/C8H16O3/c1-6(9)5-7(10)11-8(2,3)4/h6,9H,5H2,1-4H3/t6-/m1/s1. The van der Waals surface area contributed by atoms with Gasteiger partial charge in [-0.15, -0.1) is 0 Å². The molecule has 0 amide bonds. The van der Waals surface area contributed by atoms with E-state index in [0.717, 1.165) is 0 Å². The van der Waals surface area contributed by atoms with E-state index in [9.17, 15) is 4.79 Å². The predicted molar refractivity (Wildman–Crippen MR) is 42.1 cm³/mol. The van der Waals surface area contributed by atoms with Crippen molar-refractivity contribution in [2.45, 2.75) is 45.8 Å². The zero-order valence-corrected chi connectivity index (χ0v) is 7.55. The fourth-order valence-electron chi connectivity index (χ4n) is 0.624. The molecular formula is C8H16O3. The third kappa shape index (κ3) is 7.33. The summed E-state index contributed by atoms with van der Waals surface area (Å²) >= 11 is 0. The van der Waals surface area contributed by atoms with Gasteiger partial charge in [-0.2, -0.15) is 0 Å². The van der Waals surface area contributed by atoms with Crippen molar-refractivity contribution >= 4 is 5.97 Å². The van der Waals surface area contributed by atoms with Crippen LogP contribution in [-0.2, 0) is 9.53 Å². The molecule has 0 aromatic carbocycles. The summed E-state index contributed by atoms with van der Waals surface area (Å²) in [5, 5.41) is 8.82. The largest absolute Gasteiger partial charge is 0.460 e. The summed E-state index contributed by atoms with van der Waals surface area (Å²) < 4.78 is 4.95. The Morgan fingerprint density at radius 3 is 2.27 bits per heavy atom. The first-order valence-corrected chi connectivity index (χ1v) is 3.71. The lowest BCUT2D eigenvalue weighted by molar-refractivity contribution is -0.156. The van der Waals surface area contributed by atoms with Gasteiger partial charge in [-0.25, -0.2) is 0 Å². The van der Waals surface area contributed by atoms with E-state index >= 15 is 0 Å². The first-order valence-electron chi connectivity index (χ1n) is 3.71. The van der Waals surface area contributed by atoms with Crippen LogP contribution in [-0.4, -0.2) is 22.8 Å². The SMILES string of the molecule is C[C@@H](O)CC(=O)OC(C)(C)C. The van der Waals surface area contributed by atoms with Gasteiger partial charge in [-0.3, -0.25) is 4.79 Å². The van der Waals surface area contributed by atoms with Gasteiger partial charge in [0.15, 0.2) is 0 Å². The molecule has 0 unspecified atom stereocenters.